The van der Waals surface area contributed by atoms with E-state index in [0.717, 1.165) is 24.4 Å². The molecular formula is C11H9F4N3O4. The van der Waals surface area contributed by atoms with E-state index in [1.807, 2.05) is 0 Å². The Bertz CT molecular complexity index is 580. The minimum absolute atomic E-state index is 0.0910. The Balaban J connectivity index is 2.94. The highest BCUT2D eigenvalue weighted by atomic mass is 19.3. The predicted molar refractivity (Wildman–Crippen MR) is 64.6 cm³/mol. The number of hydrazone groups is 1. The molecule has 2 amide bonds. The maximum Gasteiger partial charge on any atom is 0.387 e. The van der Waals surface area contributed by atoms with E-state index in [1.54, 1.807) is 5.43 Å². The van der Waals surface area contributed by atoms with Gasteiger partial charge in [0.1, 0.15) is 11.5 Å². The molecule has 1 aromatic carbocycles. The Kier molecular flexibility index (Phi) is 6.10. The van der Waals surface area contributed by atoms with Crippen LogP contribution in [0, 0.1) is 0 Å². The molecule has 7 nitrogen and oxygen atoms in total. The highest BCUT2D eigenvalue weighted by molar-refractivity contribution is 6.34. The van der Waals surface area contributed by atoms with Crippen molar-refractivity contribution in [3.05, 3.63) is 23.8 Å². The van der Waals surface area contributed by atoms with Crippen LogP contribution >= 0.6 is 0 Å². The number of carbonyl (C=O) groups excluding carboxylic acids is 2. The number of ether oxygens (including phenoxy) is 2. The number of benzene rings is 1. The van der Waals surface area contributed by atoms with Crippen molar-refractivity contribution in [2.45, 2.75) is 13.2 Å². The van der Waals surface area contributed by atoms with Crippen LogP contribution in [0.5, 0.6) is 11.5 Å². The summed E-state index contributed by atoms with van der Waals surface area (Å²) in [5, 5.41) is 3.28. The Morgan fingerprint density at radius 2 is 1.82 bits per heavy atom. The zero-order valence-corrected chi connectivity index (χ0v) is 10.6. The van der Waals surface area contributed by atoms with Gasteiger partial charge in [-0.1, -0.05) is 0 Å². The van der Waals surface area contributed by atoms with Crippen LogP contribution in [-0.4, -0.2) is 31.3 Å². The number of nitrogens with zero attached hydrogens (tertiary/aromatic N) is 1. The maximum absolute atomic E-state index is 12.3. The number of halogens is 4. The highest BCUT2D eigenvalue weighted by Crippen LogP contribution is 2.26. The van der Waals surface area contributed by atoms with Gasteiger partial charge in [0.15, 0.2) is 0 Å². The molecule has 22 heavy (non-hydrogen) atoms. The van der Waals surface area contributed by atoms with Gasteiger partial charge in [-0.2, -0.15) is 22.7 Å². The summed E-state index contributed by atoms with van der Waals surface area (Å²) in [6.45, 7) is -6.37. The molecule has 1 aromatic rings. The van der Waals surface area contributed by atoms with Gasteiger partial charge in [-0.05, 0) is 12.1 Å². The first-order valence-corrected chi connectivity index (χ1v) is 5.46. The van der Waals surface area contributed by atoms with Crippen LogP contribution < -0.4 is 20.6 Å². The number of carbonyl (C=O) groups is 2. The molecule has 0 unspecified atom stereocenters. The molecule has 0 bridgehead atoms. The molecule has 0 aromatic heterocycles. The lowest BCUT2D eigenvalue weighted by molar-refractivity contribution is -0.137. The number of amides is 2. The molecule has 0 aliphatic carbocycles. The van der Waals surface area contributed by atoms with Gasteiger partial charge in [-0.25, -0.2) is 5.43 Å². The molecule has 1 rings (SSSR count). The molecule has 11 heteroatoms. The van der Waals surface area contributed by atoms with E-state index >= 15 is 0 Å². The quantitative estimate of drug-likeness (QED) is 0.350. The summed E-state index contributed by atoms with van der Waals surface area (Å²) >= 11 is 0. The summed E-state index contributed by atoms with van der Waals surface area (Å²) < 4.78 is 56.8. The number of nitrogens with one attached hydrogen (secondary N) is 1. The molecule has 120 valence electrons. The topological polar surface area (TPSA) is 103 Å². The van der Waals surface area contributed by atoms with Gasteiger partial charge in [0.25, 0.3) is 0 Å². The molecule has 0 radical (unpaired) electrons. The fourth-order valence-electron chi connectivity index (χ4n) is 1.21. The summed E-state index contributed by atoms with van der Waals surface area (Å²) in [5.41, 5.74) is 6.27. The monoisotopic (exact) mass is 323 g/mol. The minimum atomic E-state index is -3.23. The Labute approximate surface area is 120 Å². The molecule has 0 fully saturated rings. The lowest BCUT2D eigenvalue weighted by atomic mass is 10.2. The first kappa shape index (κ1) is 17.2. The van der Waals surface area contributed by atoms with Gasteiger partial charge >= 0.3 is 25.0 Å². The standard InChI is InChI=1S/C11H9F4N3O4/c12-10(13)21-6-2-1-5(7(3-6)22-11(14)15)4-17-18-9(20)8(16)19/h1-4,10-11H,(H2,16,19)(H,18,20)/b17-4-. The molecule has 0 saturated carbocycles. The van der Waals surface area contributed by atoms with Crippen LogP contribution in [0.25, 0.3) is 0 Å². The van der Waals surface area contributed by atoms with Crippen molar-refractivity contribution in [2.24, 2.45) is 10.8 Å². The van der Waals surface area contributed by atoms with Crippen LogP contribution in [0.3, 0.4) is 0 Å². The van der Waals surface area contributed by atoms with Crippen LogP contribution in [0.1, 0.15) is 5.56 Å². The molecule has 0 atom stereocenters. The molecule has 3 N–H and O–H groups in total. The smallest absolute Gasteiger partial charge is 0.387 e. The van der Waals surface area contributed by atoms with Gasteiger partial charge in [0.2, 0.25) is 0 Å². The van der Waals surface area contributed by atoms with E-state index in [9.17, 15) is 27.2 Å². The Morgan fingerprint density at radius 3 is 2.36 bits per heavy atom. The number of rotatable bonds is 6. The molecule has 0 saturated heterocycles. The van der Waals surface area contributed by atoms with Crippen LogP contribution in [0.2, 0.25) is 0 Å². The number of nitrogens with two attached hydrogens (primary N) is 1. The second-order valence-electron chi connectivity index (χ2n) is 3.52. The Hall–Kier alpha value is -2.85. The third-order valence-electron chi connectivity index (χ3n) is 2.02. The van der Waals surface area contributed by atoms with E-state index in [-0.39, 0.29) is 5.56 Å². The third kappa shape index (κ3) is 5.64. The fraction of sp³-hybridized carbons (Fsp3) is 0.182. The van der Waals surface area contributed by atoms with Crippen LogP contribution in [0.15, 0.2) is 23.3 Å². The number of alkyl halides is 4. The lowest BCUT2D eigenvalue weighted by Gasteiger charge is -2.10. The van der Waals surface area contributed by atoms with E-state index in [2.05, 4.69) is 20.3 Å². The van der Waals surface area contributed by atoms with Crippen molar-refractivity contribution in [3.63, 3.8) is 0 Å². The van der Waals surface area contributed by atoms with E-state index in [0.29, 0.717) is 0 Å². The molecule has 0 spiro atoms. The minimum Gasteiger partial charge on any atom is -0.435 e. The van der Waals surface area contributed by atoms with Gasteiger partial charge in [-0.3, -0.25) is 9.59 Å². The highest BCUT2D eigenvalue weighted by Gasteiger charge is 2.13. The summed E-state index contributed by atoms with van der Waals surface area (Å²) in [6, 6.07) is 2.91. The SMILES string of the molecule is NC(=O)C(=O)N/N=C\c1ccc(OC(F)F)cc1OC(F)F. The largest absolute Gasteiger partial charge is 0.435 e. The van der Waals surface area contributed by atoms with Crippen molar-refractivity contribution >= 4 is 18.0 Å². The van der Waals surface area contributed by atoms with Gasteiger partial charge in [0, 0.05) is 11.6 Å². The average Bonchev–Trinajstić information content (AvgIpc) is 2.39. The molecule has 0 aliphatic rings. The number of hydrogen-bond acceptors (Lipinski definition) is 5. The number of hydrogen-bond donors (Lipinski definition) is 2. The van der Waals surface area contributed by atoms with Crippen molar-refractivity contribution in [2.75, 3.05) is 0 Å². The Morgan fingerprint density at radius 1 is 1.18 bits per heavy atom. The number of primary amides is 1. The second-order valence-corrected chi connectivity index (χ2v) is 3.52. The van der Waals surface area contributed by atoms with Gasteiger partial charge in [-0.15, -0.1) is 0 Å². The van der Waals surface area contributed by atoms with Gasteiger partial charge < -0.3 is 15.2 Å². The zero-order valence-electron chi connectivity index (χ0n) is 10.6. The summed E-state index contributed by atoms with van der Waals surface area (Å²) in [7, 11) is 0. The summed E-state index contributed by atoms with van der Waals surface area (Å²) in [6.07, 6.45) is 0.852. The maximum atomic E-state index is 12.3. The molecule has 0 aliphatic heterocycles. The predicted octanol–water partition coefficient (Wildman–Crippen LogP) is 0.825. The zero-order chi connectivity index (χ0) is 16.7. The van der Waals surface area contributed by atoms with E-state index in [4.69, 9.17) is 0 Å². The van der Waals surface area contributed by atoms with Crippen LogP contribution in [0.4, 0.5) is 17.6 Å². The van der Waals surface area contributed by atoms with Crippen molar-refractivity contribution in [1.82, 2.24) is 5.43 Å². The van der Waals surface area contributed by atoms with Crippen molar-refractivity contribution in [1.29, 1.82) is 0 Å². The molecular weight excluding hydrogens is 314 g/mol. The normalized spacial score (nSPS) is 11.0. The van der Waals surface area contributed by atoms with Crippen molar-refractivity contribution in [3.8, 4) is 11.5 Å². The lowest BCUT2D eigenvalue weighted by Crippen LogP contribution is -2.32. The second kappa shape index (κ2) is 7.81. The van der Waals surface area contributed by atoms with Crippen LogP contribution in [-0.2, 0) is 9.59 Å². The molecule has 0 heterocycles. The van der Waals surface area contributed by atoms with Gasteiger partial charge in [0.05, 0.1) is 6.21 Å². The van der Waals surface area contributed by atoms with E-state index in [1.165, 1.54) is 0 Å². The first-order chi connectivity index (χ1) is 10.3. The van der Waals surface area contributed by atoms with E-state index < -0.39 is 36.5 Å². The summed E-state index contributed by atoms with van der Waals surface area (Å²) in [4.78, 5) is 21.2. The average molecular weight is 323 g/mol. The third-order valence-corrected chi connectivity index (χ3v) is 2.02. The van der Waals surface area contributed by atoms with Crippen molar-refractivity contribution < 1.29 is 36.6 Å². The summed E-state index contributed by atoms with van der Waals surface area (Å²) in [5.74, 6) is -3.47. The fourth-order valence-corrected chi connectivity index (χ4v) is 1.21. The first-order valence-electron chi connectivity index (χ1n) is 5.46.